The fraction of sp³-hybridized carbons (Fsp3) is 0.308. The number of hydrogen-bond acceptors (Lipinski definition) is 2. The van der Waals surface area contributed by atoms with Gasteiger partial charge in [-0.25, -0.2) is 0 Å². The summed E-state index contributed by atoms with van der Waals surface area (Å²) in [7, 11) is 0. The Labute approximate surface area is 105 Å². The lowest BCUT2D eigenvalue weighted by Gasteiger charge is -2.26. The molecular formula is C13H15N3S. The average molecular weight is 245 g/mol. The van der Waals surface area contributed by atoms with E-state index in [1.165, 1.54) is 11.1 Å². The lowest BCUT2D eigenvalue weighted by Crippen LogP contribution is -2.19. The van der Waals surface area contributed by atoms with Crippen LogP contribution in [0.25, 0.3) is 0 Å². The summed E-state index contributed by atoms with van der Waals surface area (Å²) < 4.78 is 2.78. The van der Waals surface area contributed by atoms with Gasteiger partial charge in [-0.05, 0) is 42.6 Å². The molecule has 0 amide bonds. The number of nitrogen functional groups attached to an aromatic ring is 1. The molecule has 4 heteroatoms. The zero-order chi connectivity index (χ0) is 11.8. The molecule has 3 N–H and O–H groups in total. The van der Waals surface area contributed by atoms with E-state index < -0.39 is 0 Å². The second-order valence-electron chi connectivity index (χ2n) is 4.55. The Kier molecular flexibility index (Phi) is 2.52. The van der Waals surface area contributed by atoms with Crippen molar-refractivity contribution in [1.82, 2.24) is 9.55 Å². The summed E-state index contributed by atoms with van der Waals surface area (Å²) in [6.45, 7) is 0. The molecule has 1 unspecified atom stereocenters. The predicted molar refractivity (Wildman–Crippen MR) is 71.5 cm³/mol. The van der Waals surface area contributed by atoms with E-state index in [-0.39, 0.29) is 0 Å². The van der Waals surface area contributed by atoms with Crippen molar-refractivity contribution in [2.45, 2.75) is 25.3 Å². The van der Waals surface area contributed by atoms with E-state index in [1.54, 1.807) is 6.20 Å². The number of hydrogen-bond donors (Lipinski definition) is 2. The smallest absolute Gasteiger partial charge is 0.179 e. The van der Waals surface area contributed by atoms with Crippen molar-refractivity contribution < 1.29 is 0 Å². The summed E-state index contributed by atoms with van der Waals surface area (Å²) in [4.78, 5) is 3.01. The molecule has 17 heavy (non-hydrogen) atoms. The van der Waals surface area contributed by atoms with Crippen LogP contribution in [-0.4, -0.2) is 9.55 Å². The highest BCUT2D eigenvalue weighted by Gasteiger charge is 2.21. The van der Waals surface area contributed by atoms with Crippen LogP contribution in [0.1, 0.15) is 23.6 Å². The number of aryl methyl sites for hydroxylation is 1. The van der Waals surface area contributed by atoms with Gasteiger partial charge >= 0.3 is 0 Å². The number of anilines is 1. The first-order valence-electron chi connectivity index (χ1n) is 5.88. The second kappa shape index (κ2) is 4.04. The number of fused-ring (bicyclic) bond motifs is 1. The van der Waals surface area contributed by atoms with E-state index >= 15 is 0 Å². The van der Waals surface area contributed by atoms with Crippen LogP contribution >= 0.6 is 12.2 Å². The number of aromatic amines is 1. The molecule has 0 saturated carbocycles. The standard InChI is InChI=1S/C13H15N3S/c14-12-8-15-13(17)16(12)11-6-5-9-3-1-2-4-10(9)7-11/h1-4,8,11H,5-7,14H2,(H,15,17). The molecule has 88 valence electrons. The number of nitrogens with zero attached hydrogens (tertiary/aromatic N) is 1. The van der Waals surface area contributed by atoms with Gasteiger partial charge in [-0.1, -0.05) is 24.3 Å². The molecule has 3 rings (SSSR count). The van der Waals surface area contributed by atoms with Gasteiger partial charge in [0.15, 0.2) is 4.77 Å². The second-order valence-corrected chi connectivity index (χ2v) is 4.94. The van der Waals surface area contributed by atoms with E-state index in [0.717, 1.165) is 29.9 Å². The summed E-state index contributed by atoms with van der Waals surface area (Å²) in [5.74, 6) is 0.736. The quantitative estimate of drug-likeness (QED) is 0.759. The van der Waals surface area contributed by atoms with E-state index in [1.807, 2.05) is 4.57 Å². The van der Waals surface area contributed by atoms with Gasteiger partial charge in [0, 0.05) is 12.2 Å². The molecular weight excluding hydrogens is 230 g/mol. The molecule has 1 aliphatic carbocycles. The Bertz CT molecular complexity index is 597. The lowest BCUT2D eigenvalue weighted by atomic mass is 9.88. The van der Waals surface area contributed by atoms with E-state index in [0.29, 0.717) is 6.04 Å². The van der Waals surface area contributed by atoms with Crippen molar-refractivity contribution in [1.29, 1.82) is 0 Å². The van der Waals surface area contributed by atoms with Gasteiger partial charge in [-0.15, -0.1) is 0 Å². The Hall–Kier alpha value is -1.55. The lowest BCUT2D eigenvalue weighted by molar-refractivity contribution is 0.443. The van der Waals surface area contributed by atoms with Gasteiger partial charge in [0.05, 0.1) is 0 Å². The van der Waals surface area contributed by atoms with Crippen molar-refractivity contribution >= 4 is 18.0 Å². The summed E-state index contributed by atoms with van der Waals surface area (Å²) in [6, 6.07) is 9.01. The molecule has 3 nitrogen and oxygen atoms in total. The molecule has 0 bridgehead atoms. The summed E-state index contributed by atoms with van der Waals surface area (Å²) >= 11 is 5.28. The van der Waals surface area contributed by atoms with Crippen LogP contribution in [0.3, 0.4) is 0 Å². The van der Waals surface area contributed by atoms with Crippen LogP contribution in [0.2, 0.25) is 0 Å². The highest BCUT2D eigenvalue weighted by molar-refractivity contribution is 7.71. The molecule has 1 atom stereocenters. The SMILES string of the molecule is Nc1c[nH]c(=S)n1C1CCc2ccccc2C1. The minimum atomic E-state index is 0.392. The minimum absolute atomic E-state index is 0.392. The summed E-state index contributed by atoms with van der Waals surface area (Å²) in [5, 5.41) is 0. The Balaban J connectivity index is 1.97. The number of aromatic nitrogens is 2. The highest BCUT2D eigenvalue weighted by atomic mass is 32.1. The van der Waals surface area contributed by atoms with Gasteiger partial charge in [0.2, 0.25) is 0 Å². The fourth-order valence-corrected chi connectivity index (χ4v) is 2.98. The molecule has 0 saturated heterocycles. The number of benzene rings is 1. The average Bonchev–Trinajstić information content (AvgIpc) is 2.68. The zero-order valence-electron chi connectivity index (χ0n) is 9.52. The third-order valence-corrected chi connectivity index (χ3v) is 3.84. The summed E-state index contributed by atoms with van der Waals surface area (Å²) in [5.41, 5.74) is 8.84. The van der Waals surface area contributed by atoms with Gasteiger partial charge in [-0.3, -0.25) is 0 Å². The van der Waals surface area contributed by atoms with Crippen molar-refractivity contribution in [2.24, 2.45) is 0 Å². The fourth-order valence-electron chi connectivity index (χ4n) is 2.67. The number of rotatable bonds is 1. The Morgan fingerprint density at radius 2 is 2.06 bits per heavy atom. The molecule has 0 aliphatic heterocycles. The van der Waals surface area contributed by atoms with Gasteiger partial charge in [0.1, 0.15) is 5.82 Å². The van der Waals surface area contributed by atoms with Crippen molar-refractivity contribution in [3.05, 3.63) is 46.4 Å². The molecule has 0 fully saturated rings. The molecule has 1 aromatic heterocycles. The molecule has 1 heterocycles. The minimum Gasteiger partial charge on any atom is -0.384 e. The molecule has 2 aromatic rings. The van der Waals surface area contributed by atoms with Crippen LogP contribution < -0.4 is 5.73 Å². The first-order valence-corrected chi connectivity index (χ1v) is 6.28. The molecule has 1 aromatic carbocycles. The normalized spacial score (nSPS) is 18.9. The topological polar surface area (TPSA) is 46.7 Å². The first-order chi connectivity index (χ1) is 8.25. The third kappa shape index (κ3) is 1.78. The largest absolute Gasteiger partial charge is 0.384 e. The maximum atomic E-state index is 5.96. The van der Waals surface area contributed by atoms with Crippen LogP contribution in [-0.2, 0) is 12.8 Å². The zero-order valence-corrected chi connectivity index (χ0v) is 10.3. The Morgan fingerprint density at radius 3 is 2.76 bits per heavy atom. The van der Waals surface area contributed by atoms with Crippen molar-refractivity contribution in [3.8, 4) is 0 Å². The van der Waals surface area contributed by atoms with E-state index in [4.69, 9.17) is 18.0 Å². The summed E-state index contributed by atoms with van der Waals surface area (Å²) in [6.07, 6.45) is 5.01. The van der Waals surface area contributed by atoms with Crippen molar-refractivity contribution in [2.75, 3.05) is 5.73 Å². The van der Waals surface area contributed by atoms with Gasteiger partial charge < -0.3 is 15.3 Å². The highest BCUT2D eigenvalue weighted by Crippen LogP contribution is 2.30. The molecule has 1 aliphatic rings. The molecule has 0 spiro atoms. The van der Waals surface area contributed by atoms with Crippen LogP contribution in [0.5, 0.6) is 0 Å². The van der Waals surface area contributed by atoms with Crippen molar-refractivity contribution in [3.63, 3.8) is 0 Å². The maximum absolute atomic E-state index is 5.96. The number of nitrogens with one attached hydrogen (secondary N) is 1. The van der Waals surface area contributed by atoms with Crippen LogP contribution in [0.4, 0.5) is 5.82 Å². The maximum Gasteiger partial charge on any atom is 0.179 e. The predicted octanol–water partition coefficient (Wildman–Crippen LogP) is 2.86. The van der Waals surface area contributed by atoms with Gasteiger partial charge in [-0.2, -0.15) is 0 Å². The number of H-pyrrole nitrogens is 1. The monoisotopic (exact) mass is 245 g/mol. The van der Waals surface area contributed by atoms with Crippen LogP contribution in [0, 0.1) is 4.77 Å². The Morgan fingerprint density at radius 1 is 1.29 bits per heavy atom. The third-order valence-electron chi connectivity index (χ3n) is 3.53. The van der Waals surface area contributed by atoms with Crippen LogP contribution in [0.15, 0.2) is 30.5 Å². The number of imidazole rings is 1. The van der Waals surface area contributed by atoms with E-state index in [2.05, 4.69) is 29.2 Å². The molecule has 0 radical (unpaired) electrons. The van der Waals surface area contributed by atoms with Gasteiger partial charge in [0.25, 0.3) is 0 Å². The van der Waals surface area contributed by atoms with E-state index in [9.17, 15) is 0 Å². The number of nitrogens with two attached hydrogens (primary N) is 1. The first kappa shape index (κ1) is 10.6.